The van der Waals surface area contributed by atoms with Gasteiger partial charge in [0.05, 0.1) is 11.7 Å². The van der Waals surface area contributed by atoms with Gasteiger partial charge < -0.3 is 10.6 Å². The van der Waals surface area contributed by atoms with Crippen LogP contribution in [0.25, 0.3) is 0 Å². The maximum atomic E-state index is 13.0. The van der Waals surface area contributed by atoms with Crippen LogP contribution in [0.3, 0.4) is 0 Å². The number of piperidine rings is 1. The lowest BCUT2D eigenvalue weighted by Crippen LogP contribution is -2.44. The summed E-state index contributed by atoms with van der Waals surface area (Å²) in [5, 5.41) is 6.06. The van der Waals surface area contributed by atoms with Crippen molar-refractivity contribution in [3.05, 3.63) is 58.1 Å². The number of carbonyl (C=O) groups excluding carboxylic acids is 2. The van der Waals surface area contributed by atoms with E-state index < -0.39 is 15.9 Å². The molecule has 0 aromatic heterocycles. The largest absolute Gasteiger partial charge is 0.326 e. The van der Waals surface area contributed by atoms with E-state index in [0.717, 1.165) is 0 Å². The number of hydrogen-bond donors (Lipinski definition) is 2. The minimum absolute atomic E-state index is 0.0849. The fourth-order valence-corrected chi connectivity index (χ4v) is 5.84. The van der Waals surface area contributed by atoms with Crippen molar-refractivity contribution < 1.29 is 18.0 Å². The zero-order valence-corrected chi connectivity index (χ0v) is 19.2. The van der Waals surface area contributed by atoms with Crippen molar-refractivity contribution in [2.45, 2.75) is 25.5 Å². The summed E-state index contributed by atoms with van der Waals surface area (Å²) in [7, 11) is -3.70. The van der Waals surface area contributed by atoms with Gasteiger partial charge in [-0.15, -0.1) is 0 Å². The standard InChI is InChI=1S/C21H23Cl2N3O4S/c1-14(27)24-16-6-2-7-17(11-16)25-21(28)15-5-4-10-26(12-15)31(29,30)13-18-19(22)8-3-9-20(18)23/h2-3,6-9,11,15H,4-5,10,12-13H2,1H3,(H,24,27)(H,25,28)/t15-/m0/s1. The molecule has 0 bridgehead atoms. The van der Waals surface area contributed by atoms with E-state index in [-0.39, 0.29) is 24.1 Å². The number of nitrogens with one attached hydrogen (secondary N) is 2. The second-order valence-corrected chi connectivity index (χ2v) is 10.2. The Bertz CT molecular complexity index is 1070. The monoisotopic (exact) mass is 483 g/mol. The van der Waals surface area contributed by atoms with Gasteiger partial charge in [-0.3, -0.25) is 9.59 Å². The first-order chi connectivity index (χ1) is 14.7. The Labute approximate surface area is 191 Å². The van der Waals surface area contributed by atoms with Gasteiger partial charge in [0.15, 0.2) is 0 Å². The summed E-state index contributed by atoms with van der Waals surface area (Å²) in [5.74, 6) is -1.29. The van der Waals surface area contributed by atoms with Gasteiger partial charge in [0.2, 0.25) is 21.8 Å². The molecule has 0 aliphatic carbocycles. The fraction of sp³-hybridized carbons (Fsp3) is 0.333. The van der Waals surface area contributed by atoms with Gasteiger partial charge in [-0.25, -0.2) is 12.7 Å². The molecule has 166 valence electrons. The van der Waals surface area contributed by atoms with E-state index in [0.29, 0.717) is 46.4 Å². The normalized spacial score (nSPS) is 17.2. The highest BCUT2D eigenvalue weighted by Crippen LogP contribution is 2.29. The Hall–Kier alpha value is -2.13. The van der Waals surface area contributed by atoms with Crippen LogP contribution in [0, 0.1) is 5.92 Å². The number of anilines is 2. The van der Waals surface area contributed by atoms with E-state index >= 15 is 0 Å². The van der Waals surface area contributed by atoms with Crippen LogP contribution in [0.1, 0.15) is 25.3 Å². The summed E-state index contributed by atoms with van der Waals surface area (Å²) in [6, 6.07) is 11.6. The van der Waals surface area contributed by atoms with Crippen LogP contribution in [0.5, 0.6) is 0 Å². The molecule has 0 spiro atoms. The summed E-state index contributed by atoms with van der Waals surface area (Å²) in [4.78, 5) is 24.0. The van der Waals surface area contributed by atoms with Crippen molar-refractivity contribution in [2.75, 3.05) is 23.7 Å². The smallest absolute Gasteiger partial charge is 0.228 e. The van der Waals surface area contributed by atoms with Crippen LogP contribution in [-0.2, 0) is 25.4 Å². The minimum Gasteiger partial charge on any atom is -0.326 e. The molecule has 1 fully saturated rings. The number of carbonyl (C=O) groups is 2. The molecular weight excluding hydrogens is 461 g/mol. The highest BCUT2D eigenvalue weighted by Gasteiger charge is 2.33. The van der Waals surface area contributed by atoms with E-state index in [9.17, 15) is 18.0 Å². The zero-order valence-electron chi connectivity index (χ0n) is 16.9. The quantitative estimate of drug-likeness (QED) is 0.645. The molecule has 2 aromatic rings. The molecule has 1 heterocycles. The Balaban J connectivity index is 1.68. The maximum absolute atomic E-state index is 13.0. The Morgan fingerprint density at radius 1 is 1.06 bits per heavy atom. The molecule has 0 radical (unpaired) electrons. The minimum atomic E-state index is -3.70. The van der Waals surface area contributed by atoms with Crippen molar-refractivity contribution in [3.8, 4) is 0 Å². The Kier molecular flexibility index (Phi) is 7.59. The van der Waals surface area contributed by atoms with Crippen LogP contribution in [-0.4, -0.2) is 37.6 Å². The molecule has 1 atom stereocenters. The number of sulfonamides is 1. The molecule has 2 aromatic carbocycles. The third-order valence-corrected chi connectivity index (χ3v) is 7.47. The predicted molar refractivity (Wildman–Crippen MR) is 123 cm³/mol. The number of amides is 2. The molecule has 1 aliphatic rings. The van der Waals surface area contributed by atoms with Crippen LogP contribution >= 0.6 is 23.2 Å². The number of rotatable bonds is 6. The van der Waals surface area contributed by atoms with Crippen LogP contribution in [0.15, 0.2) is 42.5 Å². The molecule has 1 aliphatic heterocycles. The Morgan fingerprint density at radius 3 is 2.32 bits per heavy atom. The lowest BCUT2D eigenvalue weighted by atomic mass is 9.98. The third-order valence-electron chi connectivity index (χ3n) is 4.99. The lowest BCUT2D eigenvalue weighted by Gasteiger charge is -2.31. The fourth-order valence-electron chi connectivity index (χ4n) is 3.48. The van der Waals surface area contributed by atoms with Crippen molar-refractivity contribution in [2.24, 2.45) is 5.92 Å². The first kappa shape index (κ1) is 23.5. The van der Waals surface area contributed by atoms with Crippen molar-refractivity contribution >= 4 is 56.4 Å². The molecule has 31 heavy (non-hydrogen) atoms. The average molecular weight is 484 g/mol. The first-order valence-electron chi connectivity index (χ1n) is 9.75. The van der Waals surface area contributed by atoms with E-state index in [1.807, 2.05) is 0 Å². The van der Waals surface area contributed by atoms with Crippen LogP contribution < -0.4 is 10.6 Å². The van der Waals surface area contributed by atoms with Crippen LogP contribution in [0.4, 0.5) is 11.4 Å². The summed E-state index contributed by atoms with van der Waals surface area (Å²) >= 11 is 12.3. The zero-order chi connectivity index (χ0) is 22.6. The summed E-state index contributed by atoms with van der Waals surface area (Å²) < 4.78 is 27.3. The van der Waals surface area contributed by atoms with E-state index in [1.54, 1.807) is 42.5 Å². The van der Waals surface area contributed by atoms with Gasteiger partial charge >= 0.3 is 0 Å². The Morgan fingerprint density at radius 2 is 1.68 bits per heavy atom. The first-order valence-corrected chi connectivity index (χ1v) is 12.1. The summed E-state index contributed by atoms with van der Waals surface area (Å²) in [5.41, 5.74) is 1.45. The molecule has 3 rings (SSSR count). The van der Waals surface area contributed by atoms with Gasteiger partial charge in [0.1, 0.15) is 0 Å². The third kappa shape index (κ3) is 6.20. The molecule has 10 heteroatoms. The molecule has 0 unspecified atom stereocenters. The number of halogens is 2. The van der Waals surface area contributed by atoms with Gasteiger partial charge in [-0.05, 0) is 43.2 Å². The predicted octanol–water partition coefficient (Wildman–Crippen LogP) is 4.13. The van der Waals surface area contributed by atoms with Gasteiger partial charge in [0.25, 0.3) is 0 Å². The molecular formula is C21H23Cl2N3O4S. The van der Waals surface area contributed by atoms with E-state index in [2.05, 4.69) is 10.6 Å². The van der Waals surface area contributed by atoms with E-state index in [4.69, 9.17) is 23.2 Å². The van der Waals surface area contributed by atoms with Crippen molar-refractivity contribution in [1.82, 2.24) is 4.31 Å². The number of benzene rings is 2. The lowest BCUT2D eigenvalue weighted by molar-refractivity contribution is -0.121. The summed E-state index contributed by atoms with van der Waals surface area (Å²) in [6.45, 7) is 1.83. The van der Waals surface area contributed by atoms with Gasteiger partial charge in [-0.2, -0.15) is 0 Å². The van der Waals surface area contributed by atoms with E-state index in [1.165, 1.54) is 11.2 Å². The van der Waals surface area contributed by atoms with Crippen molar-refractivity contribution in [3.63, 3.8) is 0 Å². The second kappa shape index (κ2) is 9.99. The van der Waals surface area contributed by atoms with Gasteiger partial charge in [-0.1, -0.05) is 35.3 Å². The molecule has 7 nitrogen and oxygen atoms in total. The number of hydrogen-bond acceptors (Lipinski definition) is 4. The summed E-state index contributed by atoms with van der Waals surface area (Å²) in [6.07, 6.45) is 1.15. The van der Waals surface area contributed by atoms with Crippen LogP contribution in [0.2, 0.25) is 10.0 Å². The molecule has 2 N–H and O–H groups in total. The maximum Gasteiger partial charge on any atom is 0.228 e. The second-order valence-electron chi connectivity index (χ2n) is 7.40. The molecule has 1 saturated heterocycles. The average Bonchev–Trinajstić information content (AvgIpc) is 2.71. The highest BCUT2D eigenvalue weighted by molar-refractivity contribution is 7.88. The molecule has 2 amide bonds. The van der Waals surface area contributed by atoms with Crippen molar-refractivity contribution in [1.29, 1.82) is 0 Å². The highest BCUT2D eigenvalue weighted by atomic mass is 35.5. The molecule has 0 saturated carbocycles. The topological polar surface area (TPSA) is 95.6 Å². The number of nitrogens with zero attached hydrogens (tertiary/aromatic N) is 1. The van der Waals surface area contributed by atoms with Gasteiger partial charge in [0, 0.05) is 47.0 Å². The SMILES string of the molecule is CC(=O)Nc1cccc(NC(=O)[C@H]2CCCN(S(=O)(=O)Cc3c(Cl)cccc3Cl)C2)c1.